The smallest absolute Gasteiger partial charge is 0.156 e. The summed E-state index contributed by atoms with van der Waals surface area (Å²) in [7, 11) is 0. The standard InChI is InChI=1S/C15H28N2OS/c1-14(2,3)9-12-10-16-13(19-12)17-11-15(4)5-7-18-8-6-15/h12H,5-11H2,1-4H3,(H,16,17). The first-order chi connectivity index (χ1) is 8.86. The maximum Gasteiger partial charge on any atom is 0.156 e. The van der Waals surface area contributed by atoms with Crippen molar-refractivity contribution in [2.45, 2.75) is 52.2 Å². The molecule has 2 aliphatic rings. The van der Waals surface area contributed by atoms with Crippen molar-refractivity contribution in [1.82, 2.24) is 5.32 Å². The van der Waals surface area contributed by atoms with E-state index in [1.165, 1.54) is 6.42 Å². The summed E-state index contributed by atoms with van der Waals surface area (Å²) in [6.07, 6.45) is 3.55. The first kappa shape index (κ1) is 15.2. The molecule has 0 bridgehead atoms. The lowest BCUT2D eigenvalue weighted by Crippen LogP contribution is -2.38. The fourth-order valence-electron chi connectivity index (χ4n) is 2.63. The zero-order valence-electron chi connectivity index (χ0n) is 12.8. The maximum atomic E-state index is 5.45. The van der Waals surface area contributed by atoms with E-state index in [0.29, 0.717) is 16.1 Å². The molecule has 19 heavy (non-hydrogen) atoms. The van der Waals surface area contributed by atoms with Crippen molar-refractivity contribution < 1.29 is 4.74 Å². The first-order valence-corrected chi connectivity index (χ1v) is 8.27. The van der Waals surface area contributed by atoms with E-state index in [-0.39, 0.29) is 0 Å². The van der Waals surface area contributed by atoms with Gasteiger partial charge in [-0.05, 0) is 30.1 Å². The molecule has 0 aliphatic carbocycles. The zero-order chi connectivity index (χ0) is 13.9. The second-order valence-corrected chi connectivity index (χ2v) is 8.72. The Hall–Kier alpha value is -0.220. The van der Waals surface area contributed by atoms with E-state index >= 15 is 0 Å². The molecule has 0 saturated carbocycles. The van der Waals surface area contributed by atoms with E-state index in [4.69, 9.17) is 4.74 Å². The van der Waals surface area contributed by atoms with Gasteiger partial charge in [0.25, 0.3) is 0 Å². The number of aliphatic imine (C=N–C) groups is 1. The Bertz CT molecular complexity index is 330. The summed E-state index contributed by atoms with van der Waals surface area (Å²) in [5, 5.41) is 5.38. The van der Waals surface area contributed by atoms with Crippen molar-refractivity contribution in [3.05, 3.63) is 0 Å². The quantitative estimate of drug-likeness (QED) is 0.863. The molecule has 1 fully saturated rings. The summed E-state index contributed by atoms with van der Waals surface area (Å²) in [5.41, 5.74) is 0.777. The van der Waals surface area contributed by atoms with Gasteiger partial charge in [-0.1, -0.05) is 39.5 Å². The fraction of sp³-hybridized carbons (Fsp3) is 0.933. The van der Waals surface area contributed by atoms with E-state index in [2.05, 4.69) is 38.0 Å². The van der Waals surface area contributed by atoms with Crippen LogP contribution in [0.2, 0.25) is 0 Å². The van der Waals surface area contributed by atoms with Crippen LogP contribution in [-0.2, 0) is 4.74 Å². The lowest BCUT2D eigenvalue weighted by molar-refractivity contribution is 0.0262. The molecule has 0 amide bonds. The summed E-state index contributed by atoms with van der Waals surface area (Å²) in [6, 6.07) is 0. The van der Waals surface area contributed by atoms with Gasteiger partial charge < -0.3 is 10.1 Å². The fourth-order valence-corrected chi connectivity index (χ4v) is 3.99. The van der Waals surface area contributed by atoms with E-state index < -0.39 is 0 Å². The van der Waals surface area contributed by atoms with Crippen molar-refractivity contribution in [2.24, 2.45) is 15.8 Å². The van der Waals surface area contributed by atoms with Crippen LogP contribution in [0.25, 0.3) is 0 Å². The first-order valence-electron chi connectivity index (χ1n) is 7.39. The minimum Gasteiger partial charge on any atom is -0.381 e. The molecular weight excluding hydrogens is 256 g/mol. The summed E-state index contributed by atoms with van der Waals surface area (Å²) < 4.78 is 5.45. The van der Waals surface area contributed by atoms with Crippen LogP contribution in [0.3, 0.4) is 0 Å². The predicted octanol–water partition coefficient (Wildman–Crippen LogP) is 3.30. The van der Waals surface area contributed by atoms with Gasteiger partial charge in [-0.15, -0.1) is 0 Å². The summed E-state index contributed by atoms with van der Waals surface area (Å²) in [6.45, 7) is 13.1. The third kappa shape index (κ3) is 4.99. The van der Waals surface area contributed by atoms with Crippen LogP contribution in [0.15, 0.2) is 4.99 Å². The van der Waals surface area contributed by atoms with Crippen molar-refractivity contribution in [3.8, 4) is 0 Å². The number of hydrogen-bond acceptors (Lipinski definition) is 4. The summed E-state index contributed by atoms with van der Waals surface area (Å²) >= 11 is 1.93. The van der Waals surface area contributed by atoms with Gasteiger partial charge in [0.05, 0.1) is 6.54 Å². The summed E-state index contributed by atoms with van der Waals surface area (Å²) in [4.78, 5) is 4.65. The average molecular weight is 284 g/mol. The third-order valence-electron chi connectivity index (χ3n) is 3.92. The molecule has 1 N–H and O–H groups in total. The van der Waals surface area contributed by atoms with Gasteiger partial charge in [0.1, 0.15) is 0 Å². The molecule has 2 heterocycles. The van der Waals surface area contributed by atoms with Crippen LogP contribution >= 0.6 is 11.8 Å². The number of rotatable bonds is 3. The van der Waals surface area contributed by atoms with Crippen LogP contribution in [-0.4, -0.2) is 36.7 Å². The Morgan fingerprint density at radius 3 is 2.68 bits per heavy atom. The molecule has 1 atom stereocenters. The molecule has 3 nitrogen and oxygen atoms in total. The molecule has 0 aromatic rings. The SMILES string of the molecule is CC(C)(C)CC1CN=C(NCC2(C)CCOCC2)S1. The van der Waals surface area contributed by atoms with Crippen LogP contribution in [0.4, 0.5) is 0 Å². The van der Waals surface area contributed by atoms with Gasteiger partial charge in [0, 0.05) is 25.0 Å². The van der Waals surface area contributed by atoms with Crippen molar-refractivity contribution >= 4 is 16.9 Å². The van der Waals surface area contributed by atoms with Crippen molar-refractivity contribution in [1.29, 1.82) is 0 Å². The van der Waals surface area contributed by atoms with Gasteiger partial charge in [-0.3, -0.25) is 4.99 Å². The Morgan fingerprint density at radius 2 is 2.05 bits per heavy atom. The van der Waals surface area contributed by atoms with E-state index in [0.717, 1.165) is 44.3 Å². The number of hydrogen-bond donors (Lipinski definition) is 1. The number of ether oxygens (including phenoxy) is 1. The minimum atomic E-state index is 0.378. The van der Waals surface area contributed by atoms with E-state index in [9.17, 15) is 0 Å². The minimum absolute atomic E-state index is 0.378. The normalized spacial score (nSPS) is 27.2. The highest BCUT2D eigenvalue weighted by Crippen LogP contribution is 2.33. The Morgan fingerprint density at radius 1 is 1.37 bits per heavy atom. The molecule has 0 spiro atoms. The molecule has 1 unspecified atom stereocenters. The zero-order valence-corrected chi connectivity index (χ0v) is 13.6. The molecule has 2 rings (SSSR count). The molecule has 0 radical (unpaired) electrons. The molecule has 1 saturated heterocycles. The number of nitrogens with one attached hydrogen (secondary N) is 1. The van der Waals surface area contributed by atoms with Gasteiger partial charge in [0.15, 0.2) is 5.17 Å². The Labute approximate surface area is 122 Å². The third-order valence-corrected chi connectivity index (χ3v) is 5.07. The molecule has 2 aliphatic heterocycles. The highest BCUT2D eigenvalue weighted by molar-refractivity contribution is 8.14. The van der Waals surface area contributed by atoms with Crippen LogP contribution < -0.4 is 5.32 Å². The summed E-state index contributed by atoms with van der Waals surface area (Å²) in [5.74, 6) is 0. The van der Waals surface area contributed by atoms with Crippen LogP contribution in [0.1, 0.15) is 47.0 Å². The monoisotopic (exact) mass is 284 g/mol. The highest BCUT2D eigenvalue weighted by Gasteiger charge is 2.29. The Kier molecular flexibility index (Phi) is 4.83. The van der Waals surface area contributed by atoms with Gasteiger partial charge in [-0.25, -0.2) is 0 Å². The molecule has 4 heteroatoms. The van der Waals surface area contributed by atoms with Gasteiger partial charge in [0.2, 0.25) is 0 Å². The molecular formula is C15H28N2OS. The number of amidine groups is 1. The molecule has 0 aromatic heterocycles. The highest BCUT2D eigenvalue weighted by atomic mass is 32.2. The number of thioether (sulfide) groups is 1. The molecule has 110 valence electrons. The van der Waals surface area contributed by atoms with Crippen LogP contribution in [0.5, 0.6) is 0 Å². The largest absolute Gasteiger partial charge is 0.381 e. The molecule has 0 aromatic carbocycles. The van der Waals surface area contributed by atoms with Crippen molar-refractivity contribution in [3.63, 3.8) is 0 Å². The van der Waals surface area contributed by atoms with Crippen molar-refractivity contribution in [2.75, 3.05) is 26.3 Å². The van der Waals surface area contributed by atoms with Gasteiger partial charge >= 0.3 is 0 Å². The topological polar surface area (TPSA) is 33.6 Å². The van der Waals surface area contributed by atoms with E-state index in [1.807, 2.05) is 11.8 Å². The predicted molar refractivity (Wildman–Crippen MR) is 83.9 cm³/mol. The van der Waals surface area contributed by atoms with Gasteiger partial charge in [-0.2, -0.15) is 0 Å². The van der Waals surface area contributed by atoms with Crippen LogP contribution in [0, 0.1) is 10.8 Å². The van der Waals surface area contributed by atoms with E-state index in [1.54, 1.807) is 0 Å². The second-order valence-electron chi connectivity index (χ2n) is 7.43. The Balaban J connectivity index is 1.73. The lowest BCUT2D eigenvalue weighted by atomic mass is 9.82. The number of nitrogens with zero attached hydrogens (tertiary/aromatic N) is 1. The second kappa shape index (κ2) is 6.04. The maximum absolute atomic E-state index is 5.45. The lowest BCUT2D eigenvalue weighted by Gasteiger charge is -2.33. The average Bonchev–Trinajstić information content (AvgIpc) is 2.73.